The maximum absolute atomic E-state index is 11.7. The normalized spacial score (nSPS) is 11.8. The van der Waals surface area contributed by atoms with Crippen LogP contribution in [0.2, 0.25) is 0 Å². The number of rotatable bonds is 7. The molecule has 0 unspecified atom stereocenters. The van der Waals surface area contributed by atoms with Crippen molar-refractivity contribution >= 4 is 15.9 Å². The number of amides is 1. The quantitative estimate of drug-likeness (QED) is 0.632. The van der Waals surface area contributed by atoms with Gasteiger partial charge in [0.05, 0.1) is 12.1 Å². The molecule has 9 heteroatoms. The smallest absolute Gasteiger partial charge is 0.271 e. The van der Waals surface area contributed by atoms with E-state index in [4.69, 9.17) is 5.73 Å². The summed E-state index contributed by atoms with van der Waals surface area (Å²) in [6.07, 6.45) is 3.08. The highest BCUT2D eigenvalue weighted by Crippen LogP contribution is 1.97. The topological polar surface area (TPSA) is 110 Å². The number of carbonyl (C=O) groups excluding carboxylic acids is 1. The van der Waals surface area contributed by atoms with Crippen molar-refractivity contribution in [1.29, 1.82) is 0 Å². The Balaban J connectivity index is 2.47. The van der Waals surface area contributed by atoms with Crippen LogP contribution in [0.3, 0.4) is 0 Å². The lowest BCUT2D eigenvalue weighted by Gasteiger charge is -2.11. The first-order chi connectivity index (χ1) is 8.86. The number of hydrogen-bond donors (Lipinski definition) is 2. The molecule has 19 heavy (non-hydrogen) atoms. The lowest BCUT2D eigenvalue weighted by Crippen LogP contribution is -2.34. The van der Waals surface area contributed by atoms with Gasteiger partial charge in [0, 0.05) is 39.9 Å². The summed E-state index contributed by atoms with van der Waals surface area (Å²) in [6.45, 7) is 1.08. The molecule has 0 aromatic carbocycles. The number of carbonyl (C=O) groups is 1. The van der Waals surface area contributed by atoms with Crippen molar-refractivity contribution in [3.63, 3.8) is 0 Å². The zero-order chi connectivity index (χ0) is 14.5. The Morgan fingerprint density at radius 1 is 1.53 bits per heavy atom. The highest BCUT2D eigenvalue weighted by atomic mass is 32.2. The highest BCUT2D eigenvalue weighted by molar-refractivity contribution is 7.89. The van der Waals surface area contributed by atoms with E-state index >= 15 is 0 Å². The van der Waals surface area contributed by atoms with Crippen molar-refractivity contribution in [2.75, 3.05) is 32.9 Å². The third kappa shape index (κ3) is 4.62. The molecule has 3 N–H and O–H groups in total. The molecule has 0 aliphatic heterocycles. The summed E-state index contributed by atoms with van der Waals surface area (Å²) in [5.74, 6) is -0.542. The number of nitrogens with two attached hydrogens (primary N) is 1. The molecular formula is C10H19N5O3S. The second-order valence-corrected chi connectivity index (χ2v) is 6.44. The number of imidazole rings is 1. The van der Waals surface area contributed by atoms with Gasteiger partial charge in [-0.1, -0.05) is 0 Å². The van der Waals surface area contributed by atoms with Crippen LogP contribution in [-0.2, 0) is 16.6 Å². The van der Waals surface area contributed by atoms with Gasteiger partial charge in [0.2, 0.25) is 10.0 Å². The van der Waals surface area contributed by atoms with Crippen molar-refractivity contribution < 1.29 is 13.2 Å². The molecule has 1 amide bonds. The van der Waals surface area contributed by atoms with Crippen LogP contribution in [-0.4, -0.2) is 61.1 Å². The van der Waals surface area contributed by atoms with E-state index in [1.165, 1.54) is 20.4 Å². The predicted molar refractivity (Wildman–Crippen MR) is 71.1 cm³/mol. The molecule has 1 rings (SSSR count). The molecule has 0 aliphatic rings. The predicted octanol–water partition coefficient (Wildman–Crippen LogP) is -1.54. The zero-order valence-corrected chi connectivity index (χ0v) is 11.9. The summed E-state index contributed by atoms with van der Waals surface area (Å²) < 4.78 is 25.8. The van der Waals surface area contributed by atoms with Gasteiger partial charge < -0.3 is 15.6 Å². The van der Waals surface area contributed by atoms with Crippen LogP contribution in [0.15, 0.2) is 12.5 Å². The summed E-state index contributed by atoms with van der Waals surface area (Å²) in [4.78, 5) is 15.6. The number of hydrogen-bond acceptors (Lipinski definition) is 5. The molecule has 0 spiro atoms. The largest absolute Gasteiger partial charge is 0.350 e. The zero-order valence-electron chi connectivity index (χ0n) is 11.0. The third-order valence-electron chi connectivity index (χ3n) is 2.46. The van der Waals surface area contributed by atoms with Crippen molar-refractivity contribution in [2.45, 2.75) is 6.54 Å². The van der Waals surface area contributed by atoms with Crippen molar-refractivity contribution in [1.82, 2.24) is 19.2 Å². The number of aromatic nitrogens is 2. The molecule has 0 aliphatic carbocycles. The molecule has 0 saturated heterocycles. The minimum atomic E-state index is -3.30. The standard InChI is InChI=1S/C10H19N5O3S/c1-14(2)19(17,18)6-4-12-10(16)9-7-15(5-3-11)8-13-9/h7-8H,3-6,11H2,1-2H3,(H,12,16). The van der Waals surface area contributed by atoms with Crippen LogP contribution in [0.4, 0.5) is 0 Å². The number of sulfonamides is 1. The Morgan fingerprint density at radius 2 is 2.21 bits per heavy atom. The fourth-order valence-corrected chi connectivity index (χ4v) is 2.04. The molecule has 8 nitrogen and oxygen atoms in total. The number of nitrogens with zero attached hydrogens (tertiary/aromatic N) is 3. The minimum absolute atomic E-state index is 0.0447. The van der Waals surface area contributed by atoms with Crippen LogP contribution in [0.5, 0.6) is 0 Å². The molecule has 0 fully saturated rings. The lowest BCUT2D eigenvalue weighted by molar-refractivity contribution is 0.0951. The van der Waals surface area contributed by atoms with Crippen LogP contribution in [0.25, 0.3) is 0 Å². The van der Waals surface area contributed by atoms with Gasteiger partial charge in [-0.15, -0.1) is 0 Å². The first-order valence-electron chi connectivity index (χ1n) is 5.77. The monoisotopic (exact) mass is 289 g/mol. The Labute approximate surface area is 112 Å². The van der Waals surface area contributed by atoms with E-state index in [-0.39, 0.29) is 18.0 Å². The average Bonchev–Trinajstić information content (AvgIpc) is 2.77. The number of nitrogens with one attached hydrogen (secondary N) is 1. The van der Waals surface area contributed by atoms with Crippen molar-refractivity contribution in [3.05, 3.63) is 18.2 Å². The van der Waals surface area contributed by atoms with Gasteiger partial charge >= 0.3 is 0 Å². The fraction of sp³-hybridized carbons (Fsp3) is 0.600. The maximum atomic E-state index is 11.7. The van der Waals surface area contributed by atoms with E-state index < -0.39 is 15.9 Å². The lowest BCUT2D eigenvalue weighted by atomic mass is 10.4. The summed E-state index contributed by atoms with van der Waals surface area (Å²) in [5, 5.41) is 2.51. The van der Waals surface area contributed by atoms with Gasteiger partial charge in [-0.3, -0.25) is 4.79 Å². The molecular weight excluding hydrogens is 270 g/mol. The summed E-state index contributed by atoms with van der Waals surface area (Å²) >= 11 is 0. The molecule has 0 bridgehead atoms. The van der Waals surface area contributed by atoms with Gasteiger partial charge in [-0.2, -0.15) is 0 Å². The van der Waals surface area contributed by atoms with Gasteiger partial charge in [0.25, 0.3) is 5.91 Å². The van der Waals surface area contributed by atoms with Gasteiger partial charge in [0.1, 0.15) is 5.69 Å². The summed E-state index contributed by atoms with van der Waals surface area (Å²) in [6, 6.07) is 0. The van der Waals surface area contributed by atoms with E-state index in [0.29, 0.717) is 13.1 Å². The first kappa shape index (κ1) is 15.6. The first-order valence-corrected chi connectivity index (χ1v) is 7.38. The highest BCUT2D eigenvalue weighted by Gasteiger charge is 2.15. The second kappa shape index (κ2) is 6.64. The Bertz CT molecular complexity index is 523. The van der Waals surface area contributed by atoms with E-state index in [9.17, 15) is 13.2 Å². The van der Waals surface area contributed by atoms with E-state index in [2.05, 4.69) is 10.3 Å². The van der Waals surface area contributed by atoms with Crippen molar-refractivity contribution in [2.24, 2.45) is 5.73 Å². The molecule has 1 aromatic rings. The summed E-state index contributed by atoms with van der Waals surface area (Å²) in [7, 11) is -0.403. The van der Waals surface area contributed by atoms with Crippen molar-refractivity contribution in [3.8, 4) is 0 Å². The van der Waals surface area contributed by atoms with E-state index in [1.54, 1.807) is 10.8 Å². The maximum Gasteiger partial charge on any atom is 0.271 e. The molecule has 1 aromatic heterocycles. The second-order valence-electron chi connectivity index (χ2n) is 4.14. The fourth-order valence-electron chi connectivity index (χ4n) is 1.32. The van der Waals surface area contributed by atoms with E-state index in [0.717, 1.165) is 4.31 Å². The van der Waals surface area contributed by atoms with Crippen LogP contribution in [0.1, 0.15) is 10.5 Å². The van der Waals surface area contributed by atoms with Crippen LogP contribution >= 0.6 is 0 Å². The Kier molecular flexibility index (Phi) is 5.45. The Hall–Kier alpha value is -1.45. The molecule has 108 valence electrons. The summed E-state index contributed by atoms with van der Waals surface area (Å²) in [5.41, 5.74) is 5.63. The Morgan fingerprint density at radius 3 is 2.79 bits per heavy atom. The molecule has 1 heterocycles. The third-order valence-corrected chi connectivity index (χ3v) is 4.29. The van der Waals surface area contributed by atoms with Gasteiger partial charge in [-0.25, -0.2) is 17.7 Å². The van der Waals surface area contributed by atoms with Gasteiger partial charge in [0.15, 0.2) is 0 Å². The minimum Gasteiger partial charge on any atom is -0.350 e. The molecule has 0 radical (unpaired) electrons. The average molecular weight is 289 g/mol. The molecule has 0 atom stereocenters. The van der Waals surface area contributed by atoms with Crippen LogP contribution in [0, 0.1) is 0 Å². The van der Waals surface area contributed by atoms with E-state index in [1.807, 2.05) is 0 Å². The molecule has 0 saturated carbocycles. The van der Waals surface area contributed by atoms with Crippen LogP contribution < -0.4 is 11.1 Å². The SMILES string of the molecule is CN(C)S(=O)(=O)CCNC(=O)c1cn(CCN)cn1. The van der Waals surface area contributed by atoms with Gasteiger partial charge in [-0.05, 0) is 0 Å².